The predicted octanol–water partition coefficient (Wildman–Crippen LogP) is 2.01. The highest BCUT2D eigenvalue weighted by molar-refractivity contribution is 6.33. The van der Waals surface area contributed by atoms with Gasteiger partial charge in [-0.2, -0.15) is 0 Å². The number of benzene rings is 1. The van der Waals surface area contributed by atoms with Crippen LogP contribution in [0.5, 0.6) is 0 Å². The molecular weight excluding hydrogens is 235 g/mol. The smallest absolute Gasteiger partial charge is 0.0632 e. The fourth-order valence-corrected chi connectivity index (χ4v) is 1.72. The first-order valence-electron chi connectivity index (χ1n) is 4.56. The summed E-state index contributed by atoms with van der Waals surface area (Å²) in [5, 5.41) is 1.36. The second-order valence-corrected chi connectivity index (χ2v) is 4.10. The molecule has 0 aromatic heterocycles. The molecule has 0 spiro atoms. The zero-order valence-electron chi connectivity index (χ0n) is 8.47. The van der Waals surface area contributed by atoms with Crippen LogP contribution < -0.4 is 11.3 Å². The van der Waals surface area contributed by atoms with Crippen LogP contribution in [0.15, 0.2) is 18.2 Å². The Morgan fingerprint density at radius 2 is 2.20 bits per heavy atom. The van der Waals surface area contributed by atoms with Gasteiger partial charge < -0.3 is 4.74 Å². The van der Waals surface area contributed by atoms with Crippen molar-refractivity contribution in [2.75, 3.05) is 13.7 Å². The largest absolute Gasteiger partial charge is 0.383 e. The summed E-state index contributed by atoms with van der Waals surface area (Å²) < 4.78 is 5.02. The lowest BCUT2D eigenvalue weighted by atomic mass is 10.1. The third kappa shape index (κ3) is 3.97. The number of hydrogen-bond acceptors (Lipinski definition) is 3. The lowest BCUT2D eigenvalue weighted by Crippen LogP contribution is -2.40. The second kappa shape index (κ2) is 6.30. The molecule has 1 atom stereocenters. The predicted molar refractivity (Wildman–Crippen MR) is 63.2 cm³/mol. The van der Waals surface area contributed by atoms with Crippen molar-refractivity contribution in [1.82, 2.24) is 5.43 Å². The van der Waals surface area contributed by atoms with Crippen molar-refractivity contribution in [3.05, 3.63) is 33.8 Å². The molecule has 0 aliphatic rings. The molecule has 1 aromatic rings. The Bertz CT molecular complexity index is 320. The highest BCUT2D eigenvalue weighted by atomic mass is 35.5. The minimum atomic E-state index is 0.0333. The Hall–Kier alpha value is -0.320. The van der Waals surface area contributed by atoms with Gasteiger partial charge in [-0.25, -0.2) is 0 Å². The van der Waals surface area contributed by atoms with Crippen LogP contribution in [0.1, 0.15) is 5.56 Å². The minimum absolute atomic E-state index is 0.0333. The van der Waals surface area contributed by atoms with E-state index < -0.39 is 0 Å². The molecule has 15 heavy (non-hydrogen) atoms. The molecule has 3 N–H and O–H groups in total. The van der Waals surface area contributed by atoms with Crippen molar-refractivity contribution in [3.8, 4) is 0 Å². The first-order chi connectivity index (χ1) is 7.17. The van der Waals surface area contributed by atoms with Crippen LogP contribution in [0.2, 0.25) is 10.0 Å². The van der Waals surface area contributed by atoms with E-state index in [2.05, 4.69) is 5.43 Å². The topological polar surface area (TPSA) is 47.3 Å². The fraction of sp³-hybridized carbons (Fsp3) is 0.400. The van der Waals surface area contributed by atoms with Gasteiger partial charge in [-0.3, -0.25) is 11.3 Å². The number of hydrogen-bond donors (Lipinski definition) is 2. The van der Waals surface area contributed by atoms with E-state index in [0.29, 0.717) is 23.1 Å². The van der Waals surface area contributed by atoms with E-state index in [1.165, 1.54) is 0 Å². The van der Waals surface area contributed by atoms with Crippen LogP contribution in [0.25, 0.3) is 0 Å². The maximum atomic E-state index is 6.03. The summed E-state index contributed by atoms with van der Waals surface area (Å²) in [4.78, 5) is 0. The van der Waals surface area contributed by atoms with Gasteiger partial charge in [0.15, 0.2) is 0 Å². The van der Waals surface area contributed by atoms with Crippen LogP contribution in [-0.4, -0.2) is 19.8 Å². The zero-order valence-corrected chi connectivity index (χ0v) is 9.98. The first kappa shape index (κ1) is 12.7. The highest BCUT2D eigenvalue weighted by Gasteiger charge is 2.10. The normalized spacial score (nSPS) is 12.8. The fourth-order valence-electron chi connectivity index (χ4n) is 1.33. The van der Waals surface area contributed by atoms with Gasteiger partial charge in [0.25, 0.3) is 0 Å². The number of rotatable bonds is 5. The number of ether oxygens (including phenoxy) is 1. The number of hydrazine groups is 1. The maximum absolute atomic E-state index is 6.03. The van der Waals surface area contributed by atoms with E-state index in [4.69, 9.17) is 33.8 Å². The third-order valence-corrected chi connectivity index (χ3v) is 2.68. The molecule has 0 heterocycles. The zero-order chi connectivity index (χ0) is 11.3. The van der Waals surface area contributed by atoms with E-state index in [-0.39, 0.29) is 6.04 Å². The Morgan fingerprint density at radius 3 is 2.80 bits per heavy atom. The van der Waals surface area contributed by atoms with Crippen LogP contribution in [0.4, 0.5) is 0 Å². The van der Waals surface area contributed by atoms with Crippen LogP contribution >= 0.6 is 23.2 Å². The van der Waals surface area contributed by atoms with Crippen molar-refractivity contribution in [1.29, 1.82) is 0 Å². The number of methoxy groups -OCH3 is 1. The first-order valence-corrected chi connectivity index (χ1v) is 5.32. The van der Waals surface area contributed by atoms with Gasteiger partial charge in [0.05, 0.1) is 6.61 Å². The molecule has 1 aromatic carbocycles. The van der Waals surface area contributed by atoms with Gasteiger partial charge >= 0.3 is 0 Å². The lowest BCUT2D eigenvalue weighted by Gasteiger charge is -2.15. The SMILES string of the molecule is COCC(Cc1cc(Cl)ccc1Cl)NN. The van der Waals surface area contributed by atoms with Crippen LogP contribution in [-0.2, 0) is 11.2 Å². The van der Waals surface area contributed by atoms with Crippen molar-refractivity contribution < 1.29 is 4.74 Å². The van der Waals surface area contributed by atoms with Gasteiger partial charge in [-0.1, -0.05) is 23.2 Å². The highest BCUT2D eigenvalue weighted by Crippen LogP contribution is 2.21. The Balaban J connectivity index is 2.73. The Labute approximate surface area is 99.5 Å². The summed E-state index contributed by atoms with van der Waals surface area (Å²) in [6.45, 7) is 0.527. The number of nitrogens with two attached hydrogens (primary N) is 1. The molecule has 0 radical (unpaired) electrons. The molecule has 0 saturated carbocycles. The van der Waals surface area contributed by atoms with E-state index in [1.807, 2.05) is 6.07 Å². The molecule has 0 bridgehead atoms. The standard InChI is InChI=1S/C10H14Cl2N2O/c1-15-6-9(14-13)5-7-4-8(11)2-3-10(7)12/h2-4,9,14H,5-6,13H2,1H3. The minimum Gasteiger partial charge on any atom is -0.383 e. The quantitative estimate of drug-likeness (QED) is 0.620. The number of nitrogens with one attached hydrogen (secondary N) is 1. The van der Waals surface area contributed by atoms with E-state index in [1.54, 1.807) is 19.2 Å². The van der Waals surface area contributed by atoms with Crippen molar-refractivity contribution in [3.63, 3.8) is 0 Å². The number of halogens is 2. The molecule has 0 fully saturated rings. The summed E-state index contributed by atoms with van der Waals surface area (Å²) in [5.41, 5.74) is 3.63. The van der Waals surface area contributed by atoms with Gasteiger partial charge in [-0.05, 0) is 30.2 Å². The summed E-state index contributed by atoms with van der Waals surface area (Å²) in [5.74, 6) is 5.39. The van der Waals surface area contributed by atoms with Gasteiger partial charge in [0.1, 0.15) is 0 Å². The van der Waals surface area contributed by atoms with Crippen LogP contribution in [0.3, 0.4) is 0 Å². The summed E-state index contributed by atoms with van der Waals surface area (Å²) >= 11 is 11.9. The summed E-state index contributed by atoms with van der Waals surface area (Å²) in [6.07, 6.45) is 0.684. The monoisotopic (exact) mass is 248 g/mol. The molecule has 5 heteroatoms. The Kier molecular flexibility index (Phi) is 5.36. The molecule has 0 aliphatic heterocycles. The van der Waals surface area contributed by atoms with Crippen molar-refractivity contribution in [2.45, 2.75) is 12.5 Å². The molecule has 84 valence electrons. The van der Waals surface area contributed by atoms with Crippen LogP contribution in [0, 0.1) is 0 Å². The molecule has 0 aliphatic carbocycles. The molecule has 1 unspecified atom stereocenters. The summed E-state index contributed by atoms with van der Waals surface area (Å²) in [6, 6.07) is 5.41. The maximum Gasteiger partial charge on any atom is 0.0632 e. The van der Waals surface area contributed by atoms with Crippen molar-refractivity contribution >= 4 is 23.2 Å². The Morgan fingerprint density at radius 1 is 1.47 bits per heavy atom. The van der Waals surface area contributed by atoms with Gasteiger partial charge in [0.2, 0.25) is 0 Å². The molecule has 1 rings (SSSR count). The molecule has 0 amide bonds. The average molecular weight is 249 g/mol. The molecular formula is C10H14Cl2N2O. The van der Waals surface area contributed by atoms with E-state index in [9.17, 15) is 0 Å². The van der Waals surface area contributed by atoms with Crippen molar-refractivity contribution in [2.24, 2.45) is 5.84 Å². The van der Waals surface area contributed by atoms with E-state index in [0.717, 1.165) is 5.56 Å². The molecule has 0 saturated heterocycles. The summed E-state index contributed by atoms with van der Waals surface area (Å²) in [7, 11) is 1.63. The van der Waals surface area contributed by atoms with E-state index >= 15 is 0 Å². The van der Waals surface area contributed by atoms with Gasteiger partial charge in [-0.15, -0.1) is 0 Å². The lowest BCUT2D eigenvalue weighted by molar-refractivity contribution is 0.166. The third-order valence-electron chi connectivity index (χ3n) is 2.08. The van der Waals surface area contributed by atoms with Gasteiger partial charge in [0, 0.05) is 23.2 Å². The second-order valence-electron chi connectivity index (χ2n) is 3.26. The molecule has 3 nitrogen and oxygen atoms in total. The average Bonchev–Trinajstić information content (AvgIpc) is 2.22.